The molecule has 0 aromatic heterocycles. The van der Waals surface area contributed by atoms with Crippen molar-refractivity contribution in [3.8, 4) is 11.5 Å². The SMILES string of the molecule is CC(c1ccc(O)cc1)N(C)C(=O)COc1ccccc1. The van der Waals surface area contributed by atoms with Crippen molar-refractivity contribution in [2.75, 3.05) is 13.7 Å². The van der Waals surface area contributed by atoms with Crippen LogP contribution in [-0.4, -0.2) is 29.6 Å². The van der Waals surface area contributed by atoms with Crippen molar-refractivity contribution in [2.24, 2.45) is 0 Å². The molecule has 0 fully saturated rings. The van der Waals surface area contributed by atoms with Crippen LogP contribution in [0.1, 0.15) is 18.5 Å². The molecule has 110 valence electrons. The summed E-state index contributed by atoms with van der Waals surface area (Å²) in [6.07, 6.45) is 0. The molecule has 0 spiro atoms. The van der Waals surface area contributed by atoms with Gasteiger partial charge in [-0.3, -0.25) is 4.79 Å². The highest BCUT2D eigenvalue weighted by molar-refractivity contribution is 5.78. The lowest BCUT2D eigenvalue weighted by molar-refractivity contribution is -0.134. The monoisotopic (exact) mass is 285 g/mol. The van der Waals surface area contributed by atoms with Gasteiger partial charge in [-0.05, 0) is 36.8 Å². The molecule has 1 amide bonds. The van der Waals surface area contributed by atoms with Gasteiger partial charge in [0.05, 0.1) is 6.04 Å². The summed E-state index contributed by atoms with van der Waals surface area (Å²) in [5.74, 6) is 0.795. The second-order valence-corrected chi connectivity index (χ2v) is 4.87. The topological polar surface area (TPSA) is 49.8 Å². The Balaban J connectivity index is 1.94. The number of hydrogen-bond acceptors (Lipinski definition) is 3. The number of ether oxygens (including phenoxy) is 1. The van der Waals surface area contributed by atoms with Crippen molar-refractivity contribution in [1.82, 2.24) is 4.90 Å². The summed E-state index contributed by atoms with van der Waals surface area (Å²) in [4.78, 5) is 13.8. The van der Waals surface area contributed by atoms with E-state index in [0.29, 0.717) is 5.75 Å². The molecule has 21 heavy (non-hydrogen) atoms. The molecule has 1 unspecified atom stereocenters. The zero-order valence-corrected chi connectivity index (χ0v) is 12.2. The van der Waals surface area contributed by atoms with Gasteiger partial charge in [0.25, 0.3) is 5.91 Å². The molecule has 0 aliphatic rings. The smallest absolute Gasteiger partial charge is 0.260 e. The summed E-state index contributed by atoms with van der Waals surface area (Å²) in [6, 6.07) is 16.0. The van der Waals surface area contributed by atoms with Crippen LogP contribution >= 0.6 is 0 Å². The minimum absolute atomic E-state index is 0.00291. The van der Waals surface area contributed by atoms with Gasteiger partial charge in [0.2, 0.25) is 0 Å². The maximum atomic E-state index is 12.1. The summed E-state index contributed by atoms with van der Waals surface area (Å²) in [7, 11) is 1.74. The first-order valence-electron chi connectivity index (χ1n) is 6.80. The van der Waals surface area contributed by atoms with Crippen LogP contribution in [0.3, 0.4) is 0 Å². The number of carbonyl (C=O) groups excluding carboxylic acids is 1. The quantitative estimate of drug-likeness (QED) is 0.918. The van der Waals surface area contributed by atoms with Gasteiger partial charge in [0.15, 0.2) is 6.61 Å². The predicted molar refractivity (Wildman–Crippen MR) is 81.2 cm³/mol. The molecule has 2 aromatic rings. The molecule has 4 nitrogen and oxygen atoms in total. The lowest BCUT2D eigenvalue weighted by Gasteiger charge is -2.25. The highest BCUT2D eigenvalue weighted by Crippen LogP contribution is 2.21. The van der Waals surface area contributed by atoms with Crippen LogP contribution in [0, 0.1) is 0 Å². The summed E-state index contributed by atoms with van der Waals surface area (Å²) >= 11 is 0. The molecule has 4 heteroatoms. The molecule has 0 aliphatic heterocycles. The summed E-state index contributed by atoms with van der Waals surface area (Å²) in [6.45, 7) is 1.94. The minimum Gasteiger partial charge on any atom is -0.508 e. The summed E-state index contributed by atoms with van der Waals surface area (Å²) in [5.41, 5.74) is 0.961. The number of hydrogen-bond donors (Lipinski definition) is 1. The fraction of sp³-hybridized carbons (Fsp3) is 0.235. The lowest BCUT2D eigenvalue weighted by atomic mass is 10.1. The number of nitrogens with zero attached hydrogens (tertiary/aromatic N) is 1. The molecule has 2 aromatic carbocycles. The van der Waals surface area contributed by atoms with Crippen molar-refractivity contribution in [1.29, 1.82) is 0 Å². The molecule has 1 atom stereocenters. The third kappa shape index (κ3) is 3.99. The van der Waals surface area contributed by atoms with Gasteiger partial charge in [-0.2, -0.15) is 0 Å². The van der Waals surface area contributed by atoms with Crippen LogP contribution < -0.4 is 4.74 Å². The van der Waals surface area contributed by atoms with E-state index < -0.39 is 0 Å². The molecular weight excluding hydrogens is 266 g/mol. The molecule has 0 saturated heterocycles. The summed E-state index contributed by atoms with van der Waals surface area (Å²) < 4.78 is 5.46. The third-order valence-electron chi connectivity index (χ3n) is 3.46. The maximum absolute atomic E-state index is 12.1. The first kappa shape index (κ1) is 14.9. The van der Waals surface area contributed by atoms with E-state index in [2.05, 4.69) is 0 Å². The Labute approximate surface area is 124 Å². The fourth-order valence-corrected chi connectivity index (χ4v) is 1.96. The average molecular weight is 285 g/mol. The number of phenolic OH excluding ortho intramolecular Hbond substituents is 1. The number of phenols is 1. The zero-order chi connectivity index (χ0) is 15.2. The van der Waals surface area contributed by atoms with Gasteiger partial charge in [-0.25, -0.2) is 0 Å². The van der Waals surface area contributed by atoms with E-state index in [4.69, 9.17) is 4.74 Å². The van der Waals surface area contributed by atoms with Gasteiger partial charge in [-0.15, -0.1) is 0 Å². The van der Waals surface area contributed by atoms with Crippen molar-refractivity contribution < 1.29 is 14.6 Å². The highest BCUT2D eigenvalue weighted by atomic mass is 16.5. The Hall–Kier alpha value is -2.49. The molecule has 0 heterocycles. The number of aromatic hydroxyl groups is 1. The van der Waals surface area contributed by atoms with E-state index >= 15 is 0 Å². The standard InChI is InChI=1S/C17H19NO3/c1-13(14-8-10-15(19)11-9-14)18(2)17(20)12-21-16-6-4-3-5-7-16/h3-11,13,19H,12H2,1-2H3. The van der Waals surface area contributed by atoms with Gasteiger partial charge in [-0.1, -0.05) is 30.3 Å². The van der Waals surface area contributed by atoms with Crippen molar-refractivity contribution in [3.05, 3.63) is 60.2 Å². The molecule has 1 N–H and O–H groups in total. The molecule has 0 radical (unpaired) electrons. The van der Waals surface area contributed by atoms with E-state index in [1.165, 1.54) is 0 Å². The molecule has 2 rings (SSSR count). The van der Waals surface area contributed by atoms with Crippen molar-refractivity contribution in [3.63, 3.8) is 0 Å². The Bertz CT molecular complexity index is 581. The molecule has 0 aliphatic carbocycles. The van der Waals surface area contributed by atoms with E-state index in [1.54, 1.807) is 24.1 Å². The first-order chi connectivity index (χ1) is 10.1. The number of benzene rings is 2. The predicted octanol–water partition coefficient (Wildman–Crippen LogP) is 2.99. The Kier molecular flexibility index (Phi) is 4.82. The first-order valence-corrected chi connectivity index (χ1v) is 6.80. The van der Waals surface area contributed by atoms with Gasteiger partial charge in [0.1, 0.15) is 11.5 Å². The number of amides is 1. The number of rotatable bonds is 5. The summed E-state index contributed by atoms with van der Waals surface area (Å²) in [5, 5.41) is 9.30. The van der Waals surface area contributed by atoms with Crippen LogP contribution in [0.4, 0.5) is 0 Å². The lowest BCUT2D eigenvalue weighted by Crippen LogP contribution is -2.33. The Morgan fingerprint density at radius 1 is 1.14 bits per heavy atom. The van der Waals surface area contributed by atoms with E-state index in [0.717, 1.165) is 5.56 Å². The Morgan fingerprint density at radius 2 is 1.76 bits per heavy atom. The normalized spacial score (nSPS) is 11.7. The minimum atomic E-state index is -0.0978. The molecule has 0 saturated carbocycles. The van der Waals surface area contributed by atoms with Gasteiger partial charge in [0, 0.05) is 7.05 Å². The average Bonchev–Trinajstić information content (AvgIpc) is 2.53. The van der Waals surface area contributed by atoms with Crippen LogP contribution in [0.5, 0.6) is 11.5 Å². The third-order valence-corrected chi connectivity index (χ3v) is 3.46. The van der Waals surface area contributed by atoms with Crippen molar-refractivity contribution >= 4 is 5.91 Å². The van der Waals surface area contributed by atoms with Gasteiger partial charge >= 0.3 is 0 Å². The zero-order valence-electron chi connectivity index (χ0n) is 12.2. The van der Waals surface area contributed by atoms with Crippen LogP contribution in [-0.2, 0) is 4.79 Å². The molecular formula is C17H19NO3. The molecule has 0 bridgehead atoms. The van der Waals surface area contributed by atoms with Crippen LogP contribution in [0.2, 0.25) is 0 Å². The fourth-order valence-electron chi connectivity index (χ4n) is 1.96. The second-order valence-electron chi connectivity index (χ2n) is 4.87. The van der Waals surface area contributed by atoms with E-state index in [1.807, 2.05) is 49.4 Å². The van der Waals surface area contributed by atoms with E-state index in [9.17, 15) is 9.90 Å². The van der Waals surface area contributed by atoms with Gasteiger partial charge < -0.3 is 14.7 Å². The second kappa shape index (κ2) is 6.79. The maximum Gasteiger partial charge on any atom is 0.260 e. The Morgan fingerprint density at radius 3 is 2.38 bits per heavy atom. The number of likely N-dealkylation sites (N-methyl/N-ethyl adjacent to an activating group) is 1. The number of para-hydroxylation sites is 1. The highest BCUT2D eigenvalue weighted by Gasteiger charge is 2.17. The van der Waals surface area contributed by atoms with Crippen LogP contribution in [0.25, 0.3) is 0 Å². The van der Waals surface area contributed by atoms with Crippen molar-refractivity contribution in [2.45, 2.75) is 13.0 Å². The van der Waals surface area contributed by atoms with E-state index in [-0.39, 0.29) is 24.3 Å². The largest absolute Gasteiger partial charge is 0.508 e. The number of carbonyl (C=O) groups is 1. The van der Waals surface area contributed by atoms with Crippen LogP contribution in [0.15, 0.2) is 54.6 Å².